The Morgan fingerprint density at radius 2 is 1.85 bits per heavy atom. The number of rotatable bonds is 3. The molecule has 138 valence electrons. The van der Waals surface area contributed by atoms with Crippen molar-refractivity contribution in [2.24, 2.45) is 0 Å². The lowest BCUT2D eigenvalue weighted by molar-refractivity contribution is -0.111. The number of hydrogen-bond donors (Lipinski definition) is 0. The number of benzene rings is 1. The van der Waals surface area contributed by atoms with Crippen LogP contribution in [0.2, 0.25) is 0 Å². The lowest BCUT2D eigenvalue weighted by atomic mass is 9.89. The maximum absolute atomic E-state index is 12.5. The summed E-state index contributed by atoms with van der Waals surface area (Å²) in [5.74, 6) is 0.571. The summed E-state index contributed by atoms with van der Waals surface area (Å²) in [5.41, 5.74) is 1.03. The predicted molar refractivity (Wildman–Crippen MR) is 104 cm³/mol. The Bertz CT molecular complexity index is 777. The fourth-order valence-corrected chi connectivity index (χ4v) is 5.49. The minimum absolute atomic E-state index is 0.223. The van der Waals surface area contributed by atoms with Crippen LogP contribution in [-0.2, 0) is 9.53 Å². The number of likely N-dealkylation sites (tertiary alicyclic amines) is 1. The Morgan fingerprint density at radius 3 is 2.54 bits per heavy atom. The largest absolute Gasteiger partial charge is 0.484 e. The third kappa shape index (κ3) is 2.91. The molecule has 2 heterocycles. The molecular formula is C21H25NO3S. The van der Waals surface area contributed by atoms with Crippen LogP contribution in [0.15, 0.2) is 29.2 Å². The number of fused-ring (bicyclic) bond motifs is 2. The number of hydrogen-bond acceptors (Lipinski definition) is 5. The van der Waals surface area contributed by atoms with Crippen LogP contribution in [0, 0.1) is 0 Å². The van der Waals surface area contributed by atoms with Gasteiger partial charge < -0.3 is 9.64 Å². The van der Waals surface area contributed by atoms with E-state index < -0.39 is 11.6 Å². The minimum atomic E-state index is -0.410. The first kappa shape index (κ1) is 17.8. The van der Waals surface area contributed by atoms with Crippen LogP contribution in [0.25, 0.3) is 5.76 Å². The topological polar surface area (TPSA) is 46.6 Å². The number of piperidine rings is 1. The molecule has 2 aliphatic heterocycles. The van der Waals surface area contributed by atoms with Crippen molar-refractivity contribution in [3.8, 4) is 0 Å². The summed E-state index contributed by atoms with van der Waals surface area (Å²) in [7, 11) is 0. The molecule has 26 heavy (non-hydrogen) atoms. The zero-order valence-corrected chi connectivity index (χ0v) is 16.2. The molecule has 3 aliphatic rings. The number of nitrogens with zero attached hydrogens (tertiary/aromatic N) is 1. The standard InChI is InChI=1S/C21H25NO3S/c1-3-6-14(2)22-11-9-21(10-12-22)13-26-20-18(24)17(23)15-7-4-5-8-16(15)19(20)25-21/h4-5,7-8,14H,3,6,9-13H2,1-2H3. The summed E-state index contributed by atoms with van der Waals surface area (Å²) < 4.78 is 6.51. The molecule has 0 aromatic heterocycles. The smallest absolute Gasteiger partial charge is 0.243 e. The third-order valence-electron chi connectivity index (χ3n) is 5.87. The van der Waals surface area contributed by atoms with Crippen LogP contribution in [0.5, 0.6) is 0 Å². The van der Waals surface area contributed by atoms with Crippen LogP contribution >= 0.6 is 11.8 Å². The molecule has 1 atom stereocenters. The van der Waals surface area contributed by atoms with Gasteiger partial charge in [-0.3, -0.25) is 9.59 Å². The van der Waals surface area contributed by atoms with E-state index in [9.17, 15) is 9.59 Å². The van der Waals surface area contributed by atoms with Crippen LogP contribution in [0.3, 0.4) is 0 Å². The molecule has 1 saturated heterocycles. The number of ketones is 2. The summed E-state index contributed by atoms with van der Waals surface area (Å²) in [6, 6.07) is 7.93. The summed E-state index contributed by atoms with van der Waals surface area (Å²) in [6.07, 6.45) is 4.37. The number of carbonyl (C=O) groups is 2. The van der Waals surface area contributed by atoms with Crippen molar-refractivity contribution < 1.29 is 14.3 Å². The Labute approximate surface area is 159 Å². The van der Waals surface area contributed by atoms with Gasteiger partial charge in [0.1, 0.15) is 16.3 Å². The fourth-order valence-electron chi connectivity index (χ4n) is 4.23. The average Bonchev–Trinajstić information content (AvgIpc) is 2.67. The van der Waals surface area contributed by atoms with Crippen LogP contribution < -0.4 is 0 Å². The average molecular weight is 372 g/mol. The Hall–Kier alpha value is -1.59. The molecule has 1 unspecified atom stereocenters. The molecular weight excluding hydrogens is 346 g/mol. The number of allylic oxidation sites excluding steroid dienone is 1. The van der Waals surface area contributed by atoms with Gasteiger partial charge in [-0.15, -0.1) is 11.8 Å². The Kier molecular flexibility index (Phi) is 4.70. The molecule has 4 nitrogen and oxygen atoms in total. The van der Waals surface area contributed by atoms with E-state index in [1.54, 1.807) is 12.1 Å². The number of carbonyl (C=O) groups excluding carboxylic acids is 2. The molecule has 1 spiro atoms. The van der Waals surface area contributed by atoms with Gasteiger partial charge in [0.15, 0.2) is 0 Å². The SMILES string of the molecule is CCCC(C)N1CCC2(CC1)CSC1=C(O2)c2ccccc2C(=O)C1=O. The molecule has 1 fully saturated rings. The van der Waals surface area contributed by atoms with Crippen molar-refractivity contribution in [2.45, 2.75) is 51.2 Å². The number of thioether (sulfide) groups is 1. The lowest BCUT2D eigenvalue weighted by Crippen LogP contribution is -2.51. The molecule has 0 amide bonds. The van der Waals surface area contributed by atoms with Gasteiger partial charge in [-0.05, 0) is 13.3 Å². The molecule has 5 heteroatoms. The van der Waals surface area contributed by atoms with Gasteiger partial charge in [-0.25, -0.2) is 0 Å². The maximum Gasteiger partial charge on any atom is 0.243 e. The second-order valence-corrected chi connectivity index (χ2v) is 8.60. The molecule has 0 N–H and O–H groups in total. The van der Waals surface area contributed by atoms with Crippen molar-refractivity contribution in [3.05, 3.63) is 40.3 Å². The number of Topliss-reactive ketones (excluding diaryl/α,β-unsaturated/α-hetero) is 2. The van der Waals surface area contributed by atoms with E-state index >= 15 is 0 Å². The zero-order valence-electron chi connectivity index (χ0n) is 15.4. The quantitative estimate of drug-likeness (QED) is 0.754. The van der Waals surface area contributed by atoms with Crippen molar-refractivity contribution in [1.29, 1.82) is 0 Å². The molecule has 1 aromatic rings. The van der Waals surface area contributed by atoms with E-state index in [-0.39, 0.29) is 5.60 Å². The number of ether oxygens (including phenoxy) is 1. The molecule has 0 radical (unpaired) electrons. The molecule has 4 rings (SSSR count). The van der Waals surface area contributed by atoms with Gasteiger partial charge >= 0.3 is 0 Å². The fraction of sp³-hybridized carbons (Fsp3) is 0.524. The van der Waals surface area contributed by atoms with Crippen molar-refractivity contribution in [3.63, 3.8) is 0 Å². The zero-order chi connectivity index (χ0) is 18.3. The van der Waals surface area contributed by atoms with E-state index in [1.165, 1.54) is 24.6 Å². The highest BCUT2D eigenvalue weighted by molar-refractivity contribution is 8.04. The highest BCUT2D eigenvalue weighted by Gasteiger charge is 2.46. The third-order valence-corrected chi connectivity index (χ3v) is 7.20. The highest BCUT2D eigenvalue weighted by Crippen LogP contribution is 2.47. The first-order valence-corrected chi connectivity index (χ1v) is 10.5. The second kappa shape index (κ2) is 6.86. The van der Waals surface area contributed by atoms with Crippen LogP contribution in [0.1, 0.15) is 55.5 Å². The summed E-state index contributed by atoms with van der Waals surface area (Å²) in [5, 5.41) is 0. The van der Waals surface area contributed by atoms with Gasteiger partial charge in [0.05, 0.1) is 0 Å². The predicted octanol–water partition coefficient (Wildman–Crippen LogP) is 3.91. The van der Waals surface area contributed by atoms with E-state index in [0.717, 1.165) is 37.2 Å². The van der Waals surface area contributed by atoms with E-state index in [0.29, 0.717) is 22.3 Å². The van der Waals surface area contributed by atoms with Crippen LogP contribution in [0.4, 0.5) is 0 Å². The van der Waals surface area contributed by atoms with Crippen LogP contribution in [-0.4, -0.2) is 47.0 Å². The summed E-state index contributed by atoms with van der Waals surface area (Å²) in [6.45, 7) is 6.59. The van der Waals surface area contributed by atoms with Crippen molar-refractivity contribution >= 4 is 29.1 Å². The monoisotopic (exact) mass is 371 g/mol. The Balaban J connectivity index is 1.58. The van der Waals surface area contributed by atoms with E-state index in [4.69, 9.17) is 4.74 Å². The van der Waals surface area contributed by atoms with E-state index in [2.05, 4.69) is 18.7 Å². The minimum Gasteiger partial charge on any atom is -0.484 e. The normalized spacial score (nSPS) is 23.5. The highest BCUT2D eigenvalue weighted by atomic mass is 32.2. The first-order valence-electron chi connectivity index (χ1n) is 9.53. The van der Waals surface area contributed by atoms with E-state index in [1.807, 2.05) is 12.1 Å². The van der Waals surface area contributed by atoms with Crippen molar-refractivity contribution in [2.75, 3.05) is 18.8 Å². The molecule has 0 bridgehead atoms. The van der Waals surface area contributed by atoms with Gasteiger partial charge in [0.2, 0.25) is 11.6 Å². The molecule has 0 saturated carbocycles. The lowest BCUT2D eigenvalue weighted by Gasteiger charge is -2.46. The summed E-state index contributed by atoms with van der Waals surface area (Å²) >= 11 is 1.51. The second-order valence-electron chi connectivity index (χ2n) is 7.61. The maximum atomic E-state index is 12.5. The molecule has 1 aromatic carbocycles. The first-order chi connectivity index (χ1) is 12.5. The van der Waals surface area contributed by atoms with Gasteiger partial charge in [-0.2, -0.15) is 0 Å². The van der Waals surface area contributed by atoms with Gasteiger partial charge in [0.25, 0.3) is 0 Å². The summed E-state index contributed by atoms with van der Waals surface area (Å²) in [4.78, 5) is 27.9. The van der Waals surface area contributed by atoms with Gasteiger partial charge in [0, 0.05) is 48.9 Å². The Morgan fingerprint density at radius 1 is 1.15 bits per heavy atom. The van der Waals surface area contributed by atoms with Crippen molar-refractivity contribution in [1.82, 2.24) is 4.90 Å². The molecule has 1 aliphatic carbocycles. The van der Waals surface area contributed by atoms with Gasteiger partial charge in [-0.1, -0.05) is 37.6 Å².